The van der Waals surface area contributed by atoms with E-state index < -0.39 is 0 Å². The molecular weight excluding hydrogens is 236 g/mol. The van der Waals surface area contributed by atoms with Gasteiger partial charge >= 0.3 is 0 Å². The SMILES string of the molecule is CCCNc1nccc(NCC2CC3CCC2C3)n1. The van der Waals surface area contributed by atoms with Crippen LogP contribution in [0, 0.1) is 17.8 Å². The molecule has 1 heterocycles. The van der Waals surface area contributed by atoms with E-state index in [1.54, 1.807) is 0 Å². The number of hydrogen-bond acceptors (Lipinski definition) is 4. The second-order valence-electron chi connectivity index (χ2n) is 6.01. The van der Waals surface area contributed by atoms with Gasteiger partial charge in [-0.15, -0.1) is 0 Å². The van der Waals surface area contributed by atoms with E-state index in [9.17, 15) is 0 Å². The third-order valence-corrected chi connectivity index (χ3v) is 4.62. The summed E-state index contributed by atoms with van der Waals surface area (Å²) in [6.45, 7) is 4.14. The van der Waals surface area contributed by atoms with Crippen LogP contribution in [0.5, 0.6) is 0 Å². The molecule has 19 heavy (non-hydrogen) atoms. The molecule has 0 amide bonds. The highest BCUT2D eigenvalue weighted by Crippen LogP contribution is 2.48. The summed E-state index contributed by atoms with van der Waals surface area (Å²) in [6, 6.07) is 1.96. The van der Waals surface area contributed by atoms with Crippen molar-refractivity contribution in [2.45, 2.75) is 39.0 Å². The van der Waals surface area contributed by atoms with E-state index in [-0.39, 0.29) is 0 Å². The lowest BCUT2D eigenvalue weighted by molar-refractivity contribution is 0.348. The summed E-state index contributed by atoms with van der Waals surface area (Å²) in [5, 5.41) is 6.72. The summed E-state index contributed by atoms with van der Waals surface area (Å²) in [6.07, 6.45) is 8.73. The molecular formula is C15H24N4. The number of hydrogen-bond donors (Lipinski definition) is 2. The van der Waals surface area contributed by atoms with E-state index in [1.165, 1.54) is 25.7 Å². The fraction of sp³-hybridized carbons (Fsp3) is 0.733. The predicted molar refractivity (Wildman–Crippen MR) is 78.2 cm³/mol. The molecule has 4 heteroatoms. The molecule has 3 unspecified atom stereocenters. The van der Waals surface area contributed by atoms with Gasteiger partial charge in [-0.1, -0.05) is 13.3 Å². The van der Waals surface area contributed by atoms with Crippen molar-refractivity contribution in [1.82, 2.24) is 9.97 Å². The zero-order chi connectivity index (χ0) is 13.1. The van der Waals surface area contributed by atoms with Gasteiger partial charge in [0, 0.05) is 19.3 Å². The van der Waals surface area contributed by atoms with E-state index in [4.69, 9.17) is 0 Å². The second-order valence-corrected chi connectivity index (χ2v) is 6.01. The van der Waals surface area contributed by atoms with Crippen LogP contribution < -0.4 is 10.6 Å². The van der Waals surface area contributed by atoms with Gasteiger partial charge < -0.3 is 10.6 Å². The zero-order valence-electron chi connectivity index (χ0n) is 11.7. The van der Waals surface area contributed by atoms with E-state index >= 15 is 0 Å². The molecule has 0 spiro atoms. The van der Waals surface area contributed by atoms with Gasteiger partial charge in [-0.25, -0.2) is 4.98 Å². The van der Waals surface area contributed by atoms with Crippen LogP contribution in [0.1, 0.15) is 39.0 Å². The molecule has 0 radical (unpaired) electrons. The monoisotopic (exact) mass is 260 g/mol. The van der Waals surface area contributed by atoms with Gasteiger partial charge in [-0.3, -0.25) is 0 Å². The lowest BCUT2D eigenvalue weighted by Gasteiger charge is -2.22. The van der Waals surface area contributed by atoms with Crippen molar-refractivity contribution in [3.63, 3.8) is 0 Å². The molecule has 1 aromatic rings. The Hall–Kier alpha value is -1.32. The first kappa shape index (κ1) is 12.7. The Morgan fingerprint density at radius 3 is 2.95 bits per heavy atom. The molecule has 3 atom stereocenters. The Morgan fingerprint density at radius 2 is 2.21 bits per heavy atom. The highest BCUT2D eigenvalue weighted by atomic mass is 15.1. The van der Waals surface area contributed by atoms with Gasteiger partial charge in [0.2, 0.25) is 5.95 Å². The summed E-state index contributed by atoms with van der Waals surface area (Å²) >= 11 is 0. The summed E-state index contributed by atoms with van der Waals surface area (Å²) in [7, 11) is 0. The zero-order valence-corrected chi connectivity index (χ0v) is 11.7. The number of fused-ring (bicyclic) bond motifs is 2. The minimum atomic E-state index is 0.736. The molecule has 2 aliphatic carbocycles. The van der Waals surface area contributed by atoms with E-state index in [0.717, 1.165) is 49.0 Å². The maximum Gasteiger partial charge on any atom is 0.224 e. The fourth-order valence-corrected chi connectivity index (χ4v) is 3.64. The largest absolute Gasteiger partial charge is 0.370 e. The maximum atomic E-state index is 4.50. The topological polar surface area (TPSA) is 49.8 Å². The molecule has 4 nitrogen and oxygen atoms in total. The first-order chi connectivity index (χ1) is 9.35. The summed E-state index contributed by atoms with van der Waals surface area (Å²) in [4.78, 5) is 8.73. The van der Waals surface area contributed by atoms with Crippen molar-refractivity contribution >= 4 is 11.8 Å². The normalized spacial score (nSPS) is 28.6. The fourth-order valence-electron chi connectivity index (χ4n) is 3.64. The molecule has 0 aromatic carbocycles. The van der Waals surface area contributed by atoms with Crippen molar-refractivity contribution < 1.29 is 0 Å². The molecule has 2 saturated carbocycles. The van der Waals surface area contributed by atoms with Crippen LogP contribution in [0.3, 0.4) is 0 Å². The summed E-state index contributed by atoms with van der Waals surface area (Å²) in [5.74, 6) is 4.54. The molecule has 2 fully saturated rings. The Morgan fingerprint density at radius 1 is 1.26 bits per heavy atom. The van der Waals surface area contributed by atoms with Crippen LogP contribution in [0.2, 0.25) is 0 Å². The van der Waals surface area contributed by atoms with Gasteiger partial charge in [0.25, 0.3) is 0 Å². The van der Waals surface area contributed by atoms with Crippen molar-refractivity contribution in [3.05, 3.63) is 12.3 Å². The Kier molecular flexibility index (Phi) is 3.85. The molecule has 2 bridgehead atoms. The van der Waals surface area contributed by atoms with Gasteiger partial charge in [0.05, 0.1) is 0 Å². The van der Waals surface area contributed by atoms with Crippen LogP contribution >= 0.6 is 0 Å². The average molecular weight is 260 g/mol. The highest BCUT2D eigenvalue weighted by molar-refractivity contribution is 5.39. The van der Waals surface area contributed by atoms with E-state index in [1.807, 2.05) is 12.3 Å². The average Bonchev–Trinajstić information content (AvgIpc) is 3.06. The van der Waals surface area contributed by atoms with Crippen molar-refractivity contribution in [2.75, 3.05) is 23.7 Å². The summed E-state index contributed by atoms with van der Waals surface area (Å²) < 4.78 is 0. The number of anilines is 2. The van der Waals surface area contributed by atoms with Crippen molar-refractivity contribution in [3.8, 4) is 0 Å². The smallest absolute Gasteiger partial charge is 0.224 e. The Bertz CT molecular complexity index is 420. The quantitative estimate of drug-likeness (QED) is 0.825. The first-order valence-electron chi connectivity index (χ1n) is 7.66. The standard InChI is InChI=1S/C15H24N4/c1-2-6-16-15-17-7-5-14(19-15)18-10-13-9-11-3-4-12(13)8-11/h5,7,11-13H,2-4,6,8-10H2,1H3,(H2,16,17,18,19). The number of aromatic nitrogens is 2. The first-order valence-corrected chi connectivity index (χ1v) is 7.66. The minimum absolute atomic E-state index is 0.736. The third kappa shape index (κ3) is 2.99. The van der Waals surface area contributed by atoms with Crippen LogP contribution in [-0.4, -0.2) is 23.1 Å². The maximum absolute atomic E-state index is 4.50. The highest BCUT2D eigenvalue weighted by Gasteiger charge is 2.39. The Labute approximate surface area is 115 Å². The summed E-state index contributed by atoms with van der Waals surface area (Å²) in [5.41, 5.74) is 0. The van der Waals surface area contributed by atoms with Crippen LogP contribution in [0.15, 0.2) is 12.3 Å². The van der Waals surface area contributed by atoms with Gasteiger partial charge in [-0.05, 0) is 49.5 Å². The van der Waals surface area contributed by atoms with Crippen molar-refractivity contribution in [1.29, 1.82) is 0 Å². The molecule has 0 aliphatic heterocycles. The molecule has 3 rings (SSSR count). The number of nitrogens with zero attached hydrogens (tertiary/aromatic N) is 2. The lowest BCUT2D eigenvalue weighted by Crippen LogP contribution is -2.20. The predicted octanol–water partition coefficient (Wildman–Crippen LogP) is 3.15. The molecule has 1 aromatic heterocycles. The van der Waals surface area contributed by atoms with E-state index in [0.29, 0.717) is 0 Å². The van der Waals surface area contributed by atoms with Crippen LogP contribution in [0.25, 0.3) is 0 Å². The minimum Gasteiger partial charge on any atom is -0.370 e. The second kappa shape index (κ2) is 5.76. The van der Waals surface area contributed by atoms with Crippen LogP contribution in [0.4, 0.5) is 11.8 Å². The number of rotatable bonds is 6. The molecule has 2 aliphatic rings. The van der Waals surface area contributed by atoms with Gasteiger partial charge in [-0.2, -0.15) is 4.98 Å². The molecule has 2 N–H and O–H groups in total. The molecule has 0 saturated heterocycles. The van der Waals surface area contributed by atoms with Crippen molar-refractivity contribution in [2.24, 2.45) is 17.8 Å². The molecule has 104 valence electrons. The van der Waals surface area contributed by atoms with E-state index in [2.05, 4.69) is 27.5 Å². The van der Waals surface area contributed by atoms with Crippen LogP contribution in [-0.2, 0) is 0 Å². The Balaban J connectivity index is 1.52. The lowest BCUT2D eigenvalue weighted by atomic mass is 9.89. The third-order valence-electron chi connectivity index (χ3n) is 4.62. The van der Waals surface area contributed by atoms with Gasteiger partial charge in [0.1, 0.15) is 5.82 Å². The number of nitrogens with one attached hydrogen (secondary N) is 2. The van der Waals surface area contributed by atoms with Gasteiger partial charge in [0.15, 0.2) is 0 Å².